The van der Waals surface area contributed by atoms with Crippen molar-refractivity contribution in [2.75, 3.05) is 5.73 Å². The summed E-state index contributed by atoms with van der Waals surface area (Å²) >= 11 is 17.6. The number of amides is 1. The average Bonchev–Trinajstić information content (AvgIpc) is 2.85. The molecule has 2 aromatic rings. The van der Waals surface area contributed by atoms with Gasteiger partial charge in [0.1, 0.15) is 5.02 Å². The third-order valence-corrected chi connectivity index (χ3v) is 4.38. The Morgan fingerprint density at radius 2 is 1.96 bits per heavy atom. The molecular formula is C14H14Cl3N5O. The Morgan fingerprint density at radius 1 is 1.30 bits per heavy atom. The Balaban J connectivity index is 2.29. The van der Waals surface area contributed by atoms with Crippen molar-refractivity contribution < 1.29 is 4.79 Å². The van der Waals surface area contributed by atoms with E-state index in [1.165, 1.54) is 0 Å². The molecule has 0 saturated carbocycles. The van der Waals surface area contributed by atoms with Crippen LogP contribution in [0, 0.1) is 13.8 Å². The zero-order valence-electron chi connectivity index (χ0n) is 12.6. The number of H-pyrrole nitrogens is 1. The maximum absolute atomic E-state index is 12.2. The molecule has 0 aliphatic rings. The van der Waals surface area contributed by atoms with Gasteiger partial charge in [-0.1, -0.05) is 34.8 Å². The van der Waals surface area contributed by atoms with E-state index in [2.05, 4.69) is 20.5 Å². The van der Waals surface area contributed by atoms with Gasteiger partial charge in [-0.15, -0.1) is 0 Å². The fraction of sp³-hybridized carbons (Fsp3) is 0.214. The first kappa shape index (κ1) is 17.6. The summed E-state index contributed by atoms with van der Waals surface area (Å²) in [6.07, 6.45) is 1.86. The summed E-state index contributed by atoms with van der Waals surface area (Å²) in [6, 6.07) is 0. The van der Waals surface area contributed by atoms with Gasteiger partial charge >= 0.3 is 0 Å². The Kier molecular flexibility index (Phi) is 5.19. The van der Waals surface area contributed by atoms with E-state index in [0.29, 0.717) is 5.71 Å². The van der Waals surface area contributed by atoms with E-state index >= 15 is 0 Å². The van der Waals surface area contributed by atoms with Gasteiger partial charge in [0.25, 0.3) is 5.91 Å². The number of carbonyl (C=O) groups is 1. The van der Waals surface area contributed by atoms with Crippen molar-refractivity contribution in [2.24, 2.45) is 5.10 Å². The Morgan fingerprint density at radius 3 is 2.52 bits per heavy atom. The van der Waals surface area contributed by atoms with Crippen molar-refractivity contribution in [3.8, 4) is 0 Å². The van der Waals surface area contributed by atoms with Gasteiger partial charge in [0.05, 0.1) is 16.4 Å². The van der Waals surface area contributed by atoms with Crippen molar-refractivity contribution in [2.45, 2.75) is 20.8 Å². The standard InChI is InChI=1S/C14H14Cl3N5O/c1-5-4-19-6(2)8(5)7(3)21-22-14(23)12-9(15)11(18)10(16)13(17)20-12/h4,19H,1-3H3,(H2,18,20)(H,22,23)/b21-7+. The molecule has 0 aromatic carbocycles. The highest BCUT2D eigenvalue weighted by Crippen LogP contribution is 2.34. The number of carbonyl (C=O) groups excluding carboxylic acids is 1. The molecular weight excluding hydrogens is 361 g/mol. The quantitative estimate of drug-likeness (QED) is 0.434. The van der Waals surface area contributed by atoms with E-state index in [-0.39, 0.29) is 26.6 Å². The zero-order valence-corrected chi connectivity index (χ0v) is 14.9. The summed E-state index contributed by atoms with van der Waals surface area (Å²) < 4.78 is 0. The largest absolute Gasteiger partial charge is 0.396 e. The number of anilines is 1. The van der Waals surface area contributed by atoms with Gasteiger partial charge in [0.15, 0.2) is 10.8 Å². The molecule has 0 spiro atoms. The topological polar surface area (TPSA) is 96.2 Å². The lowest BCUT2D eigenvalue weighted by molar-refractivity contribution is 0.0950. The predicted octanol–water partition coefficient (Wildman–Crippen LogP) is 3.72. The molecule has 2 aromatic heterocycles. The second kappa shape index (κ2) is 6.78. The fourth-order valence-electron chi connectivity index (χ4n) is 2.14. The van der Waals surface area contributed by atoms with E-state index in [1.54, 1.807) is 6.92 Å². The summed E-state index contributed by atoms with van der Waals surface area (Å²) in [5.41, 5.74) is 11.5. The monoisotopic (exact) mass is 373 g/mol. The first-order valence-electron chi connectivity index (χ1n) is 6.53. The van der Waals surface area contributed by atoms with Crippen LogP contribution in [-0.2, 0) is 0 Å². The Bertz CT molecular complexity index is 794. The maximum Gasteiger partial charge on any atom is 0.291 e. The molecule has 0 unspecified atom stereocenters. The molecule has 6 nitrogen and oxygen atoms in total. The van der Waals surface area contributed by atoms with Crippen molar-refractivity contribution in [1.82, 2.24) is 15.4 Å². The van der Waals surface area contributed by atoms with Gasteiger partial charge in [-0.2, -0.15) is 5.10 Å². The van der Waals surface area contributed by atoms with Crippen LogP contribution in [0.3, 0.4) is 0 Å². The van der Waals surface area contributed by atoms with Gasteiger partial charge in [-0.3, -0.25) is 4.79 Å². The molecule has 0 aliphatic heterocycles. The van der Waals surface area contributed by atoms with Crippen LogP contribution >= 0.6 is 34.8 Å². The summed E-state index contributed by atoms with van der Waals surface area (Å²) in [5.74, 6) is -0.634. The van der Waals surface area contributed by atoms with Crippen LogP contribution in [0.25, 0.3) is 0 Å². The van der Waals surface area contributed by atoms with Gasteiger partial charge in [-0.25, -0.2) is 10.4 Å². The van der Waals surface area contributed by atoms with Crippen LogP contribution in [0.15, 0.2) is 11.3 Å². The number of hydrazone groups is 1. The zero-order chi connectivity index (χ0) is 17.3. The highest BCUT2D eigenvalue weighted by Gasteiger charge is 2.19. The lowest BCUT2D eigenvalue weighted by Gasteiger charge is -2.08. The number of rotatable bonds is 3. The predicted molar refractivity (Wildman–Crippen MR) is 93.6 cm³/mol. The number of nitrogens with zero attached hydrogens (tertiary/aromatic N) is 2. The molecule has 0 radical (unpaired) electrons. The van der Waals surface area contributed by atoms with Crippen molar-refractivity contribution in [1.29, 1.82) is 0 Å². The second-order valence-electron chi connectivity index (χ2n) is 4.90. The lowest BCUT2D eigenvalue weighted by Crippen LogP contribution is -2.22. The molecule has 0 saturated heterocycles. The van der Waals surface area contributed by atoms with Gasteiger partial charge in [0, 0.05) is 17.5 Å². The maximum atomic E-state index is 12.2. The average molecular weight is 375 g/mol. The number of hydrogen-bond donors (Lipinski definition) is 3. The molecule has 0 aliphatic carbocycles. The minimum absolute atomic E-state index is 0.00323. The van der Waals surface area contributed by atoms with E-state index in [1.807, 2.05) is 20.0 Å². The molecule has 122 valence electrons. The van der Waals surface area contributed by atoms with Gasteiger partial charge in [-0.05, 0) is 26.3 Å². The number of nitrogens with one attached hydrogen (secondary N) is 2. The van der Waals surface area contributed by atoms with Crippen LogP contribution in [0.2, 0.25) is 15.2 Å². The molecule has 23 heavy (non-hydrogen) atoms. The molecule has 4 N–H and O–H groups in total. The van der Waals surface area contributed by atoms with Crippen LogP contribution in [0.5, 0.6) is 0 Å². The molecule has 0 fully saturated rings. The van der Waals surface area contributed by atoms with Crippen molar-refractivity contribution in [3.05, 3.63) is 43.9 Å². The van der Waals surface area contributed by atoms with Crippen LogP contribution in [0.4, 0.5) is 5.69 Å². The van der Waals surface area contributed by atoms with E-state index in [0.717, 1.165) is 16.8 Å². The highest BCUT2D eigenvalue weighted by atomic mass is 35.5. The van der Waals surface area contributed by atoms with E-state index in [9.17, 15) is 4.79 Å². The molecule has 2 rings (SSSR count). The SMILES string of the molecule is C/C(=N\NC(=O)c1nc(Cl)c(Cl)c(N)c1Cl)c1c(C)c[nH]c1C. The van der Waals surface area contributed by atoms with E-state index < -0.39 is 5.91 Å². The van der Waals surface area contributed by atoms with Crippen LogP contribution in [-0.4, -0.2) is 21.6 Å². The number of aromatic amines is 1. The number of pyridine rings is 1. The summed E-state index contributed by atoms with van der Waals surface area (Å²) in [5, 5.41) is 3.90. The summed E-state index contributed by atoms with van der Waals surface area (Å²) in [7, 11) is 0. The minimum Gasteiger partial charge on any atom is -0.396 e. The molecule has 0 bridgehead atoms. The minimum atomic E-state index is -0.634. The van der Waals surface area contributed by atoms with Crippen LogP contribution in [0.1, 0.15) is 34.2 Å². The number of aryl methyl sites for hydroxylation is 2. The van der Waals surface area contributed by atoms with E-state index in [4.69, 9.17) is 40.5 Å². The Hall–Kier alpha value is -1.76. The number of halogens is 3. The number of hydrogen-bond acceptors (Lipinski definition) is 4. The molecule has 0 atom stereocenters. The first-order valence-corrected chi connectivity index (χ1v) is 7.67. The molecule has 9 heteroatoms. The molecule has 1 amide bonds. The number of aromatic nitrogens is 2. The fourth-order valence-corrected chi connectivity index (χ4v) is 2.73. The Labute approximate surface area is 148 Å². The lowest BCUT2D eigenvalue weighted by atomic mass is 10.1. The van der Waals surface area contributed by atoms with Crippen molar-refractivity contribution >= 4 is 52.1 Å². The van der Waals surface area contributed by atoms with Gasteiger partial charge in [0.2, 0.25) is 0 Å². The number of nitrogens with two attached hydrogens (primary N) is 1. The normalized spacial score (nSPS) is 11.7. The third-order valence-electron chi connectivity index (χ3n) is 3.25. The third kappa shape index (κ3) is 3.44. The number of nitrogen functional groups attached to an aromatic ring is 1. The summed E-state index contributed by atoms with van der Waals surface area (Å²) in [4.78, 5) is 19.1. The second-order valence-corrected chi connectivity index (χ2v) is 6.02. The smallest absolute Gasteiger partial charge is 0.291 e. The summed E-state index contributed by atoms with van der Waals surface area (Å²) in [6.45, 7) is 5.64. The first-order chi connectivity index (χ1) is 10.7. The van der Waals surface area contributed by atoms with Crippen molar-refractivity contribution in [3.63, 3.8) is 0 Å². The van der Waals surface area contributed by atoms with Gasteiger partial charge < -0.3 is 10.7 Å². The molecule has 2 heterocycles. The van der Waals surface area contributed by atoms with Crippen LogP contribution < -0.4 is 11.2 Å². The highest BCUT2D eigenvalue weighted by molar-refractivity contribution is 6.46.